The van der Waals surface area contributed by atoms with Crippen LogP contribution < -0.4 is 5.32 Å². The molecule has 0 aromatic carbocycles. The molecule has 1 heterocycles. The summed E-state index contributed by atoms with van der Waals surface area (Å²) in [5, 5.41) is 3.19. The molecule has 3 nitrogen and oxygen atoms in total. The van der Waals surface area contributed by atoms with Gasteiger partial charge in [-0.3, -0.25) is 4.79 Å². The van der Waals surface area contributed by atoms with Crippen molar-refractivity contribution in [3.05, 3.63) is 0 Å². The lowest BCUT2D eigenvalue weighted by Gasteiger charge is -2.38. The van der Waals surface area contributed by atoms with Gasteiger partial charge in [-0.25, -0.2) is 0 Å². The van der Waals surface area contributed by atoms with Crippen LogP contribution in [0.2, 0.25) is 0 Å². The average Bonchev–Trinajstić information content (AvgIpc) is 1.99. The molecule has 70 valence electrons. The van der Waals surface area contributed by atoms with Crippen LogP contribution in [0.15, 0.2) is 0 Å². The molecule has 1 saturated heterocycles. The van der Waals surface area contributed by atoms with Crippen molar-refractivity contribution in [2.45, 2.75) is 32.7 Å². The van der Waals surface area contributed by atoms with Gasteiger partial charge in [-0.2, -0.15) is 0 Å². The van der Waals surface area contributed by atoms with Crippen LogP contribution in [-0.4, -0.2) is 36.5 Å². The Kier molecular flexibility index (Phi) is 3.53. The molecular formula is C9H18N2O. The lowest BCUT2D eigenvalue weighted by atomic mass is 10.1. The van der Waals surface area contributed by atoms with Crippen molar-refractivity contribution in [1.29, 1.82) is 0 Å². The second-order valence-electron chi connectivity index (χ2n) is 3.25. The molecule has 1 aliphatic rings. The van der Waals surface area contributed by atoms with Crippen LogP contribution in [0.1, 0.15) is 26.7 Å². The molecule has 0 aliphatic carbocycles. The van der Waals surface area contributed by atoms with Crippen LogP contribution in [0.4, 0.5) is 0 Å². The Hall–Kier alpha value is -0.570. The summed E-state index contributed by atoms with van der Waals surface area (Å²) in [6.07, 6.45) is 1.69. The molecule has 0 spiro atoms. The highest BCUT2D eigenvalue weighted by molar-refractivity contribution is 5.76. The van der Waals surface area contributed by atoms with E-state index in [1.54, 1.807) is 0 Å². The maximum Gasteiger partial charge on any atom is 0.222 e. The molecule has 3 heteroatoms. The van der Waals surface area contributed by atoms with E-state index < -0.39 is 0 Å². The molecular weight excluding hydrogens is 152 g/mol. The van der Waals surface area contributed by atoms with Crippen LogP contribution in [0.5, 0.6) is 0 Å². The van der Waals surface area contributed by atoms with Crippen LogP contribution in [0.25, 0.3) is 0 Å². The van der Waals surface area contributed by atoms with Crippen LogP contribution >= 0.6 is 0 Å². The van der Waals surface area contributed by atoms with E-state index in [1.807, 2.05) is 11.8 Å². The summed E-state index contributed by atoms with van der Waals surface area (Å²) in [4.78, 5) is 13.4. The Morgan fingerprint density at radius 2 is 2.17 bits per heavy atom. The van der Waals surface area contributed by atoms with Gasteiger partial charge in [-0.05, 0) is 6.42 Å². The lowest BCUT2D eigenvalue weighted by Crippen LogP contribution is -2.58. The Morgan fingerprint density at radius 3 is 2.50 bits per heavy atom. The normalized spacial score (nSPS) is 17.2. The predicted molar refractivity (Wildman–Crippen MR) is 49.0 cm³/mol. The highest BCUT2D eigenvalue weighted by atomic mass is 16.2. The molecule has 1 aliphatic heterocycles. The van der Waals surface area contributed by atoms with E-state index in [1.165, 1.54) is 0 Å². The monoisotopic (exact) mass is 170 g/mol. The molecule has 1 amide bonds. The number of amides is 1. The Labute approximate surface area is 74.1 Å². The molecule has 0 unspecified atom stereocenters. The van der Waals surface area contributed by atoms with E-state index in [4.69, 9.17) is 0 Å². The van der Waals surface area contributed by atoms with Crippen molar-refractivity contribution in [3.63, 3.8) is 0 Å². The Morgan fingerprint density at radius 1 is 1.50 bits per heavy atom. The van der Waals surface area contributed by atoms with Crippen LogP contribution in [0, 0.1) is 0 Å². The average molecular weight is 170 g/mol. The van der Waals surface area contributed by atoms with Gasteiger partial charge in [0.2, 0.25) is 5.91 Å². The van der Waals surface area contributed by atoms with Gasteiger partial charge in [0.1, 0.15) is 0 Å². The third kappa shape index (κ3) is 1.97. The first-order valence-corrected chi connectivity index (χ1v) is 4.79. The molecule has 1 fully saturated rings. The van der Waals surface area contributed by atoms with Crippen molar-refractivity contribution < 1.29 is 4.79 Å². The fourth-order valence-corrected chi connectivity index (χ4v) is 1.45. The first kappa shape index (κ1) is 9.52. The number of hydrogen-bond acceptors (Lipinski definition) is 2. The van der Waals surface area contributed by atoms with Gasteiger partial charge in [0.05, 0.1) is 6.04 Å². The summed E-state index contributed by atoms with van der Waals surface area (Å²) >= 11 is 0. The first-order valence-electron chi connectivity index (χ1n) is 4.79. The minimum Gasteiger partial charge on any atom is -0.337 e. The number of hydrogen-bond donors (Lipinski definition) is 1. The van der Waals surface area contributed by atoms with Crippen molar-refractivity contribution in [2.75, 3.05) is 19.6 Å². The quantitative estimate of drug-likeness (QED) is 0.670. The van der Waals surface area contributed by atoms with Crippen molar-refractivity contribution in [3.8, 4) is 0 Å². The summed E-state index contributed by atoms with van der Waals surface area (Å²) in [7, 11) is 0. The van der Waals surface area contributed by atoms with E-state index in [9.17, 15) is 4.79 Å². The van der Waals surface area contributed by atoms with Gasteiger partial charge in [0.25, 0.3) is 0 Å². The van der Waals surface area contributed by atoms with Crippen LogP contribution in [0.3, 0.4) is 0 Å². The Balaban J connectivity index is 2.41. The lowest BCUT2D eigenvalue weighted by molar-refractivity contribution is -0.134. The van der Waals surface area contributed by atoms with Crippen molar-refractivity contribution >= 4 is 5.91 Å². The fraction of sp³-hybridized carbons (Fsp3) is 0.889. The molecule has 0 bridgehead atoms. The largest absolute Gasteiger partial charge is 0.337 e. The van der Waals surface area contributed by atoms with Crippen molar-refractivity contribution in [2.24, 2.45) is 0 Å². The third-order valence-electron chi connectivity index (χ3n) is 2.29. The number of carbonyl (C=O) groups is 1. The highest BCUT2D eigenvalue weighted by Gasteiger charge is 2.26. The second-order valence-corrected chi connectivity index (χ2v) is 3.25. The molecule has 1 N–H and O–H groups in total. The minimum absolute atomic E-state index is 0.295. The number of rotatable bonds is 4. The summed E-state index contributed by atoms with van der Waals surface area (Å²) in [5.41, 5.74) is 0. The topological polar surface area (TPSA) is 32.3 Å². The Bertz CT molecular complexity index is 155. The van der Waals surface area contributed by atoms with E-state index >= 15 is 0 Å². The summed E-state index contributed by atoms with van der Waals surface area (Å²) in [5.74, 6) is 0.295. The third-order valence-corrected chi connectivity index (χ3v) is 2.29. The van der Waals surface area contributed by atoms with Gasteiger partial charge in [0.15, 0.2) is 0 Å². The molecule has 12 heavy (non-hydrogen) atoms. The SMILES string of the molecule is CCCN(C(=O)CC)C1CNC1. The second kappa shape index (κ2) is 4.45. The number of nitrogens with zero attached hydrogens (tertiary/aromatic N) is 1. The molecule has 0 saturated carbocycles. The maximum absolute atomic E-state index is 11.4. The van der Waals surface area contributed by atoms with Gasteiger partial charge in [-0.15, -0.1) is 0 Å². The molecule has 0 radical (unpaired) electrons. The van der Waals surface area contributed by atoms with E-state index in [-0.39, 0.29) is 0 Å². The summed E-state index contributed by atoms with van der Waals surface area (Å²) in [6.45, 7) is 6.91. The molecule has 0 aromatic heterocycles. The van der Waals surface area contributed by atoms with E-state index in [2.05, 4.69) is 12.2 Å². The maximum atomic E-state index is 11.4. The van der Waals surface area contributed by atoms with Crippen molar-refractivity contribution in [1.82, 2.24) is 10.2 Å². The zero-order chi connectivity index (χ0) is 8.97. The standard InChI is InChI=1S/C9H18N2O/c1-3-5-11(9(12)4-2)8-6-10-7-8/h8,10H,3-7H2,1-2H3. The number of carbonyl (C=O) groups excluding carboxylic acids is 1. The van der Waals surface area contributed by atoms with Gasteiger partial charge < -0.3 is 10.2 Å². The molecule has 0 aromatic rings. The van der Waals surface area contributed by atoms with Crippen LogP contribution in [-0.2, 0) is 4.79 Å². The number of nitrogens with one attached hydrogen (secondary N) is 1. The van der Waals surface area contributed by atoms with Gasteiger partial charge in [0, 0.05) is 26.1 Å². The highest BCUT2D eigenvalue weighted by Crippen LogP contribution is 2.07. The minimum atomic E-state index is 0.295. The summed E-state index contributed by atoms with van der Waals surface area (Å²) in [6, 6.07) is 0.470. The van der Waals surface area contributed by atoms with E-state index in [0.717, 1.165) is 26.1 Å². The molecule has 0 atom stereocenters. The first-order chi connectivity index (χ1) is 5.79. The van der Waals surface area contributed by atoms with Gasteiger partial charge >= 0.3 is 0 Å². The molecule has 1 rings (SSSR count). The fourth-order valence-electron chi connectivity index (χ4n) is 1.45. The van der Waals surface area contributed by atoms with Gasteiger partial charge in [-0.1, -0.05) is 13.8 Å². The zero-order valence-corrected chi connectivity index (χ0v) is 7.97. The smallest absolute Gasteiger partial charge is 0.222 e. The zero-order valence-electron chi connectivity index (χ0n) is 7.97. The summed E-state index contributed by atoms with van der Waals surface area (Å²) < 4.78 is 0. The van der Waals surface area contributed by atoms with E-state index in [0.29, 0.717) is 18.4 Å². The predicted octanol–water partition coefficient (Wildman–Crippen LogP) is 0.607.